The molecule has 0 radical (unpaired) electrons. The van der Waals surface area contributed by atoms with Crippen molar-refractivity contribution in [3.8, 4) is 0 Å². The van der Waals surface area contributed by atoms with Crippen molar-refractivity contribution in [2.75, 3.05) is 6.61 Å². The summed E-state index contributed by atoms with van der Waals surface area (Å²) in [6.07, 6.45) is -0.283. The number of rotatable bonds is 4. The van der Waals surface area contributed by atoms with Gasteiger partial charge in [0.05, 0.1) is 11.6 Å². The summed E-state index contributed by atoms with van der Waals surface area (Å²) < 4.78 is 5.47. The normalized spacial score (nSPS) is 9.94. The first-order chi connectivity index (χ1) is 7.54. The summed E-state index contributed by atoms with van der Waals surface area (Å²) in [5.74, 6) is -0.873. The van der Waals surface area contributed by atoms with E-state index >= 15 is 0 Å². The van der Waals surface area contributed by atoms with Gasteiger partial charge in [-0.15, -0.1) is 0 Å². The van der Waals surface area contributed by atoms with Crippen molar-refractivity contribution >= 4 is 39.3 Å². The topological polar surface area (TPSA) is 43.4 Å². The molecule has 16 heavy (non-hydrogen) atoms. The second-order valence-corrected chi connectivity index (χ2v) is 4.35. The van der Waals surface area contributed by atoms with Crippen molar-refractivity contribution < 1.29 is 14.3 Å². The summed E-state index contributed by atoms with van der Waals surface area (Å²) in [6.45, 7) is 1.95. The molecule has 0 aliphatic rings. The van der Waals surface area contributed by atoms with E-state index in [2.05, 4.69) is 20.7 Å². The maximum Gasteiger partial charge on any atom is 0.313 e. The number of hydrogen-bond donors (Lipinski definition) is 0. The molecule has 0 unspecified atom stereocenters. The molecule has 5 heteroatoms. The highest BCUT2D eigenvalue weighted by molar-refractivity contribution is 9.10. The van der Waals surface area contributed by atoms with Gasteiger partial charge in [-0.25, -0.2) is 0 Å². The lowest BCUT2D eigenvalue weighted by molar-refractivity contribution is -0.141. The average molecular weight is 306 g/mol. The van der Waals surface area contributed by atoms with Crippen LogP contribution < -0.4 is 0 Å². The molecule has 0 aromatic heterocycles. The Kier molecular flexibility index (Phi) is 4.96. The number of halogens is 2. The van der Waals surface area contributed by atoms with Gasteiger partial charge in [-0.3, -0.25) is 9.59 Å². The molecule has 0 saturated heterocycles. The van der Waals surface area contributed by atoms with E-state index in [1.807, 2.05) is 0 Å². The first kappa shape index (κ1) is 13.2. The molecular formula is C11H10BrClO3. The number of carbonyl (C=O) groups is 2. The van der Waals surface area contributed by atoms with E-state index in [0.29, 0.717) is 10.6 Å². The van der Waals surface area contributed by atoms with Crippen LogP contribution in [0.3, 0.4) is 0 Å². The van der Waals surface area contributed by atoms with Crippen LogP contribution in [0, 0.1) is 0 Å². The van der Waals surface area contributed by atoms with Crippen molar-refractivity contribution in [3.63, 3.8) is 0 Å². The van der Waals surface area contributed by atoms with Crippen LogP contribution in [0.4, 0.5) is 0 Å². The van der Waals surface area contributed by atoms with Crippen LogP contribution in [0.1, 0.15) is 23.7 Å². The monoisotopic (exact) mass is 304 g/mol. The fourth-order valence-corrected chi connectivity index (χ4v) is 1.93. The smallest absolute Gasteiger partial charge is 0.313 e. The Morgan fingerprint density at radius 2 is 2.12 bits per heavy atom. The van der Waals surface area contributed by atoms with Gasteiger partial charge >= 0.3 is 5.97 Å². The quantitative estimate of drug-likeness (QED) is 0.487. The SMILES string of the molecule is CCOC(=O)CC(=O)c1ccc(Br)cc1Cl. The van der Waals surface area contributed by atoms with Crippen molar-refractivity contribution in [2.24, 2.45) is 0 Å². The third-order valence-electron chi connectivity index (χ3n) is 1.84. The molecule has 0 heterocycles. The van der Waals surface area contributed by atoms with Gasteiger partial charge < -0.3 is 4.74 Å². The lowest BCUT2D eigenvalue weighted by Gasteiger charge is -2.04. The summed E-state index contributed by atoms with van der Waals surface area (Å²) in [6, 6.07) is 4.89. The summed E-state index contributed by atoms with van der Waals surface area (Å²) in [4.78, 5) is 22.8. The maximum atomic E-state index is 11.7. The molecule has 86 valence electrons. The number of Topliss-reactive ketones (excluding diaryl/α,β-unsaturated/α-hetero) is 1. The minimum absolute atomic E-state index is 0.264. The fourth-order valence-electron chi connectivity index (χ4n) is 1.15. The summed E-state index contributed by atoms with van der Waals surface area (Å²) in [5.41, 5.74) is 0.331. The molecule has 1 rings (SSSR count). The second-order valence-electron chi connectivity index (χ2n) is 3.03. The molecule has 0 aliphatic carbocycles. The Morgan fingerprint density at radius 3 is 2.69 bits per heavy atom. The number of hydrogen-bond acceptors (Lipinski definition) is 3. The minimum Gasteiger partial charge on any atom is -0.466 e. The van der Waals surface area contributed by atoms with Crippen LogP contribution in [0.15, 0.2) is 22.7 Å². The fraction of sp³-hybridized carbons (Fsp3) is 0.273. The Balaban J connectivity index is 2.77. The van der Waals surface area contributed by atoms with Crippen molar-refractivity contribution in [2.45, 2.75) is 13.3 Å². The molecule has 1 aromatic rings. The number of benzene rings is 1. The Bertz CT molecular complexity index is 418. The number of ether oxygens (including phenoxy) is 1. The van der Waals surface area contributed by atoms with E-state index in [9.17, 15) is 9.59 Å². The molecule has 1 aromatic carbocycles. The number of ketones is 1. The summed E-state index contributed by atoms with van der Waals surface area (Å²) in [5, 5.41) is 0.323. The minimum atomic E-state index is -0.536. The van der Waals surface area contributed by atoms with E-state index < -0.39 is 5.97 Å². The Labute approximate surface area is 107 Å². The zero-order valence-corrected chi connectivity index (χ0v) is 11.0. The van der Waals surface area contributed by atoms with Crippen LogP contribution in [-0.4, -0.2) is 18.4 Å². The number of esters is 1. The van der Waals surface area contributed by atoms with Crippen LogP contribution >= 0.6 is 27.5 Å². The second kappa shape index (κ2) is 6.01. The molecule has 0 saturated carbocycles. The molecule has 0 bridgehead atoms. The summed E-state index contributed by atoms with van der Waals surface area (Å²) >= 11 is 9.12. The van der Waals surface area contributed by atoms with Gasteiger partial charge in [0.2, 0.25) is 0 Å². The van der Waals surface area contributed by atoms with Crippen molar-refractivity contribution in [3.05, 3.63) is 33.3 Å². The molecule has 3 nitrogen and oxygen atoms in total. The third kappa shape index (κ3) is 3.61. The van der Waals surface area contributed by atoms with E-state index in [1.165, 1.54) is 0 Å². The molecule has 0 N–H and O–H groups in total. The lowest BCUT2D eigenvalue weighted by atomic mass is 10.1. The van der Waals surface area contributed by atoms with Crippen LogP contribution in [-0.2, 0) is 9.53 Å². The highest BCUT2D eigenvalue weighted by Crippen LogP contribution is 2.22. The van der Waals surface area contributed by atoms with Gasteiger partial charge in [0, 0.05) is 10.0 Å². The largest absolute Gasteiger partial charge is 0.466 e. The molecule has 0 amide bonds. The lowest BCUT2D eigenvalue weighted by Crippen LogP contribution is -2.11. The Morgan fingerprint density at radius 1 is 1.44 bits per heavy atom. The van der Waals surface area contributed by atoms with Crippen LogP contribution in [0.2, 0.25) is 5.02 Å². The summed E-state index contributed by atoms with van der Waals surface area (Å²) in [7, 11) is 0. The van der Waals surface area contributed by atoms with Gasteiger partial charge in [0.1, 0.15) is 6.42 Å². The highest BCUT2D eigenvalue weighted by atomic mass is 79.9. The van der Waals surface area contributed by atoms with E-state index in [1.54, 1.807) is 25.1 Å². The van der Waals surface area contributed by atoms with E-state index in [4.69, 9.17) is 11.6 Å². The van der Waals surface area contributed by atoms with Crippen LogP contribution in [0.5, 0.6) is 0 Å². The molecule has 0 aliphatic heterocycles. The van der Waals surface area contributed by atoms with Crippen LogP contribution in [0.25, 0.3) is 0 Å². The zero-order chi connectivity index (χ0) is 12.1. The van der Waals surface area contributed by atoms with Gasteiger partial charge in [-0.1, -0.05) is 27.5 Å². The predicted molar refractivity (Wildman–Crippen MR) is 64.7 cm³/mol. The predicted octanol–water partition coefficient (Wildman–Crippen LogP) is 3.24. The molecular weight excluding hydrogens is 295 g/mol. The van der Waals surface area contributed by atoms with E-state index in [0.717, 1.165) is 4.47 Å². The maximum absolute atomic E-state index is 11.7. The van der Waals surface area contributed by atoms with Crippen molar-refractivity contribution in [1.29, 1.82) is 0 Å². The van der Waals surface area contributed by atoms with Gasteiger partial charge in [0.25, 0.3) is 0 Å². The first-order valence-corrected chi connectivity index (χ1v) is 5.85. The van der Waals surface area contributed by atoms with E-state index in [-0.39, 0.29) is 18.8 Å². The Hall–Kier alpha value is -0.870. The zero-order valence-electron chi connectivity index (χ0n) is 8.63. The van der Waals surface area contributed by atoms with Crippen molar-refractivity contribution in [1.82, 2.24) is 0 Å². The van der Waals surface area contributed by atoms with Gasteiger partial charge in [0.15, 0.2) is 5.78 Å². The first-order valence-electron chi connectivity index (χ1n) is 4.68. The molecule has 0 fully saturated rings. The standard InChI is InChI=1S/C11H10BrClO3/c1-2-16-11(15)6-10(14)8-4-3-7(12)5-9(8)13/h3-5H,2,6H2,1H3. The third-order valence-corrected chi connectivity index (χ3v) is 2.65. The molecule has 0 atom stereocenters. The molecule has 0 spiro atoms. The highest BCUT2D eigenvalue weighted by Gasteiger charge is 2.15. The average Bonchev–Trinajstić information content (AvgIpc) is 2.17. The van der Waals surface area contributed by atoms with Gasteiger partial charge in [-0.05, 0) is 25.1 Å². The number of carbonyl (C=O) groups excluding carboxylic acids is 2. The van der Waals surface area contributed by atoms with Gasteiger partial charge in [-0.2, -0.15) is 0 Å².